The highest BCUT2D eigenvalue weighted by molar-refractivity contribution is 5.29. The van der Waals surface area contributed by atoms with Crippen LogP contribution in [0.4, 0.5) is 4.39 Å². The van der Waals surface area contributed by atoms with Crippen molar-refractivity contribution >= 4 is 0 Å². The van der Waals surface area contributed by atoms with Crippen LogP contribution in [-0.4, -0.2) is 35.7 Å². The average Bonchev–Trinajstić information content (AvgIpc) is 2.83. The number of aromatic hydroxyl groups is 1. The molecular weight excluding hydrogens is 243 g/mol. The van der Waals surface area contributed by atoms with Crippen molar-refractivity contribution in [2.75, 3.05) is 19.6 Å². The Kier molecular flexibility index (Phi) is 4.77. The van der Waals surface area contributed by atoms with Gasteiger partial charge in [0.1, 0.15) is 11.6 Å². The van der Waals surface area contributed by atoms with Crippen LogP contribution in [0.2, 0.25) is 0 Å². The Labute approximate surface area is 114 Å². The summed E-state index contributed by atoms with van der Waals surface area (Å²) in [7, 11) is 0. The number of likely N-dealkylation sites (tertiary alicyclic amines) is 1. The molecule has 3 nitrogen and oxygen atoms in total. The Bertz CT molecular complexity index is 425. The number of phenols is 1. The van der Waals surface area contributed by atoms with Gasteiger partial charge in [-0.25, -0.2) is 4.39 Å². The van der Waals surface area contributed by atoms with E-state index in [0.717, 1.165) is 13.1 Å². The predicted octanol–water partition coefficient (Wildman–Crippen LogP) is 2.67. The van der Waals surface area contributed by atoms with Gasteiger partial charge in [0.15, 0.2) is 0 Å². The Morgan fingerprint density at radius 1 is 1.53 bits per heavy atom. The number of nitrogens with one attached hydrogen (secondary N) is 1. The summed E-state index contributed by atoms with van der Waals surface area (Å²) in [5, 5.41) is 12.6. The van der Waals surface area contributed by atoms with Crippen LogP contribution in [0.25, 0.3) is 0 Å². The van der Waals surface area contributed by atoms with Crippen LogP contribution in [0.1, 0.15) is 38.3 Å². The number of halogens is 1. The Balaban J connectivity index is 1.92. The molecule has 4 heteroatoms. The van der Waals surface area contributed by atoms with Crippen LogP contribution in [0.15, 0.2) is 18.2 Å². The van der Waals surface area contributed by atoms with Gasteiger partial charge in [0.05, 0.1) is 0 Å². The standard InChI is InChI=1S/C15H23FN2O/c1-3-18-8-4-5-12(18)10-17-11(2)14-7-6-13(19)9-15(14)16/h6-7,9,11-12,17,19H,3-5,8,10H2,1-2H3. The zero-order valence-corrected chi connectivity index (χ0v) is 11.7. The van der Waals surface area contributed by atoms with E-state index in [9.17, 15) is 9.50 Å². The van der Waals surface area contributed by atoms with Gasteiger partial charge in [0.2, 0.25) is 0 Å². The quantitative estimate of drug-likeness (QED) is 0.860. The van der Waals surface area contributed by atoms with Crippen LogP contribution in [-0.2, 0) is 0 Å². The zero-order chi connectivity index (χ0) is 13.8. The topological polar surface area (TPSA) is 35.5 Å². The second-order valence-electron chi connectivity index (χ2n) is 5.26. The molecule has 106 valence electrons. The molecule has 0 aromatic heterocycles. The molecule has 0 amide bonds. The van der Waals surface area contributed by atoms with E-state index in [1.165, 1.54) is 31.5 Å². The van der Waals surface area contributed by atoms with Crippen molar-refractivity contribution in [2.45, 2.75) is 38.8 Å². The minimum atomic E-state index is -0.348. The molecule has 2 rings (SSSR count). The summed E-state index contributed by atoms with van der Waals surface area (Å²) in [6, 6.07) is 4.87. The van der Waals surface area contributed by atoms with E-state index < -0.39 is 0 Å². The number of hydrogen-bond donors (Lipinski definition) is 2. The molecular formula is C15H23FN2O. The maximum Gasteiger partial charge on any atom is 0.131 e. The number of hydrogen-bond acceptors (Lipinski definition) is 3. The second kappa shape index (κ2) is 6.35. The summed E-state index contributed by atoms with van der Waals surface area (Å²) in [6.45, 7) is 7.27. The van der Waals surface area contributed by atoms with Gasteiger partial charge in [0.25, 0.3) is 0 Å². The molecule has 0 saturated carbocycles. The lowest BCUT2D eigenvalue weighted by Gasteiger charge is -2.25. The van der Waals surface area contributed by atoms with Gasteiger partial charge in [-0.3, -0.25) is 4.90 Å². The lowest BCUT2D eigenvalue weighted by molar-refractivity contribution is 0.255. The molecule has 1 aromatic rings. The number of rotatable bonds is 5. The summed E-state index contributed by atoms with van der Waals surface area (Å²) < 4.78 is 13.7. The van der Waals surface area contributed by atoms with E-state index >= 15 is 0 Å². The normalized spacial score (nSPS) is 21.7. The molecule has 2 unspecified atom stereocenters. The highest BCUT2D eigenvalue weighted by Crippen LogP contribution is 2.22. The highest BCUT2D eigenvalue weighted by atomic mass is 19.1. The predicted molar refractivity (Wildman–Crippen MR) is 74.8 cm³/mol. The largest absolute Gasteiger partial charge is 0.508 e. The van der Waals surface area contributed by atoms with E-state index in [4.69, 9.17) is 0 Å². The number of benzene rings is 1. The molecule has 1 heterocycles. The zero-order valence-electron chi connectivity index (χ0n) is 11.7. The molecule has 1 fully saturated rings. The molecule has 0 spiro atoms. The number of nitrogens with zero attached hydrogens (tertiary/aromatic N) is 1. The number of phenolic OH excluding ortho intramolecular Hbond substituents is 1. The van der Waals surface area contributed by atoms with Gasteiger partial charge < -0.3 is 10.4 Å². The fourth-order valence-corrected chi connectivity index (χ4v) is 2.83. The lowest BCUT2D eigenvalue weighted by Crippen LogP contribution is -2.38. The van der Waals surface area contributed by atoms with Crippen LogP contribution in [0, 0.1) is 5.82 Å². The summed E-state index contributed by atoms with van der Waals surface area (Å²) in [5.74, 6) is -0.375. The molecule has 2 N–H and O–H groups in total. The minimum absolute atomic E-state index is 0.0265. The van der Waals surface area contributed by atoms with Crippen molar-refractivity contribution in [3.63, 3.8) is 0 Å². The maximum atomic E-state index is 13.7. The van der Waals surface area contributed by atoms with Gasteiger partial charge >= 0.3 is 0 Å². The molecule has 1 aliphatic rings. The van der Waals surface area contributed by atoms with Crippen LogP contribution >= 0.6 is 0 Å². The highest BCUT2D eigenvalue weighted by Gasteiger charge is 2.23. The minimum Gasteiger partial charge on any atom is -0.508 e. The molecule has 0 aliphatic carbocycles. The first-order chi connectivity index (χ1) is 9.11. The van der Waals surface area contributed by atoms with Gasteiger partial charge in [-0.15, -0.1) is 0 Å². The van der Waals surface area contributed by atoms with Crippen molar-refractivity contribution < 1.29 is 9.50 Å². The first-order valence-electron chi connectivity index (χ1n) is 7.07. The third-order valence-electron chi connectivity index (χ3n) is 4.02. The van der Waals surface area contributed by atoms with Crippen molar-refractivity contribution in [3.8, 4) is 5.75 Å². The number of likely N-dealkylation sites (N-methyl/N-ethyl adjacent to an activating group) is 1. The summed E-state index contributed by atoms with van der Waals surface area (Å²) in [5.41, 5.74) is 0.610. The Morgan fingerprint density at radius 3 is 3.00 bits per heavy atom. The van der Waals surface area contributed by atoms with Gasteiger partial charge in [-0.05, 0) is 38.9 Å². The maximum absolute atomic E-state index is 13.7. The van der Waals surface area contributed by atoms with Gasteiger partial charge in [-0.1, -0.05) is 13.0 Å². The van der Waals surface area contributed by atoms with Crippen LogP contribution < -0.4 is 5.32 Å². The van der Waals surface area contributed by atoms with Gasteiger partial charge in [0, 0.05) is 30.3 Å². The van der Waals surface area contributed by atoms with E-state index in [2.05, 4.69) is 17.1 Å². The van der Waals surface area contributed by atoms with Crippen molar-refractivity contribution in [3.05, 3.63) is 29.6 Å². The van der Waals surface area contributed by atoms with Gasteiger partial charge in [-0.2, -0.15) is 0 Å². The second-order valence-corrected chi connectivity index (χ2v) is 5.26. The molecule has 0 bridgehead atoms. The third-order valence-corrected chi connectivity index (χ3v) is 4.02. The first-order valence-corrected chi connectivity index (χ1v) is 7.07. The molecule has 2 atom stereocenters. The smallest absolute Gasteiger partial charge is 0.131 e. The fraction of sp³-hybridized carbons (Fsp3) is 0.600. The Hall–Kier alpha value is -1.13. The summed E-state index contributed by atoms with van der Waals surface area (Å²) >= 11 is 0. The SMILES string of the molecule is CCN1CCCC1CNC(C)c1ccc(O)cc1F. The summed E-state index contributed by atoms with van der Waals surface area (Å²) in [4.78, 5) is 2.47. The summed E-state index contributed by atoms with van der Waals surface area (Å²) in [6.07, 6.45) is 2.47. The average molecular weight is 266 g/mol. The van der Waals surface area contributed by atoms with Crippen molar-refractivity contribution in [1.82, 2.24) is 10.2 Å². The van der Waals surface area contributed by atoms with Crippen LogP contribution in [0.3, 0.4) is 0 Å². The molecule has 1 saturated heterocycles. The Morgan fingerprint density at radius 2 is 2.32 bits per heavy atom. The van der Waals surface area contributed by atoms with E-state index in [1.807, 2.05) is 6.92 Å². The van der Waals surface area contributed by atoms with Crippen molar-refractivity contribution in [2.24, 2.45) is 0 Å². The molecule has 1 aliphatic heterocycles. The first kappa shape index (κ1) is 14.3. The molecule has 0 radical (unpaired) electrons. The monoisotopic (exact) mass is 266 g/mol. The third kappa shape index (κ3) is 3.45. The van der Waals surface area contributed by atoms with E-state index in [1.54, 1.807) is 6.07 Å². The molecule has 19 heavy (non-hydrogen) atoms. The van der Waals surface area contributed by atoms with E-state index in [0.29, 0.717) is 11.6 Å². The van der Waals surface area contributed by atoms with Crippen molar-refractivity contribution in [1.29, 1.82) is 0 Å². The lowest BCUT2D eigenvalue weighted by atomic mass is 10.1. The van der Waals surface area contributed by atoms with Crippen LogP contribution in [0.5, 0.6) is 5.75 Å². The van der Waals surface area contributed by atoms with E-state index in [-0.39, 0.29) is 17.6 Å². The molecule has 1 aromatic carbocycles. The fourth-order valence-electron chi connectivity index (χ4n) is 2.83.